The van der Waals surface area contributed by atoms with Crippen molar-refractivity contribution < 1.29 is 9.18 Å². The second kappa shape index (κ2) is 8.08. The molecule has 23 heavy (non-hydrogen) atoms. The first-order valence-corrected chi connectivity index (χ1v) is 7.93. The molecule has 0 aliphatic carbocycles. The molecule has 7 heteroatoms. The minimum absolute atomic E-state index is 0.0800. The Bertz CT molecular complexity index is 650. The smallest absolute Gasteiger partial charge is 0.260 e. The summed E-state index contributed by atoms with van der Waals surface area (Å²) in [5, 5.41) is 6.89. The van der Waals surface area contributed by atoms with Gasteiger partial charge >= 0.3 is 0 Å². The number of aromatic nitrogens is 2. The molecule has 2 aromatic rings. The molecule has 124 valence electrons. The third kappa shape index (κ3) is 4.53. The Kier molecular flexibility index (Phi) is 6.12. The van der Waals surface area contributed by atoms with E-state index in [0.717, 1.165) is 26.2 Å². The van der Waals surface area contributed by atoms with Crippen molar-refractivity contribution in [2.75, 3.05) is 25.0 Å². The van der Waals surface area contributed by atoms with Gasteiger partial charge in [-0.1, -0.05) is 31.5 Å². The number of hydrogen-bond acceptors (Lipinski definition) is 3. The molecule has 0 atom stereocenters. The summed E-state index contributed by atoms with van der Waals surface area (Å²) in [7, 11) is 0. The maximum atomic E-state index is 13.7. The van der Waals surface area contributed by atoms with E-state index in [1.165, 1.54) is 24.4 Å². The lowest BCUT2D eigenvalue weighted by Gasteiger charge is -2.17. The summed E-state index contributed by atoms with van der Waals surface area (Å²) in [6.07, 6.45) is 3.25. The minimum atomic E-state index is -0.649. The number of nitrogens with one attached hydrogen (secondary N) is 1. The largest absolute Gasteiger partial charge is 0.319 e. The van der Waals surface area contributed by atoms with Crippen molar-refractivity contribution in [2.45, 2.75) is 20.4 Å². The second-order valence-electron chi connectivity index (χ2n) is 5.07. The van der Waals surface area contributed by atoms with Crippen LogP contribution in [-0.4, -0.2) is 40.2 Å². The number of nitrogens with zero attached hydrogens (tertiary/aromatic N) is 3. The van der Waals surface area contributed by atoms with E-state index in [1.807, 2.05) is 0 Å². The van der Waals surface area contributed by atoms with Crippen LogP contribution in [0.1, 0.15) is 24.2 Å². The number of carbonyl (C=O) groups is 1. The van der Waals surface area contributed by atoms with Gasteiger partial charge in [0, 0.05) is 12.7 Å². The number of halogens is 2. The van der Waals surface area contributed by atoms with Crippen molar-refractivity contribution in [3.8, 4) is 0 Å². The molecule has 2 rings (SSSR count). The predicted octanol–water partition coefficient (Wildman–Crippen LogP) is 3.27. The SMILES string of the molecule is CCN(CC)CCn1cc(NC(=O)c2c(F)cccc2Cl)cn1. The van der Waals surface area contributed by atoms with Gasteiger partial charge in [-0.2, -0.15) is 5.10 Å². The summed E-state index contributed by atoms with van der Waals surface area (Å²) >= 11 is 5.89. The van der Waals surface area contributed by atoms with Crippen molar-refractivity contribution >= 4 is 23.2 Å². The van der Waals surface area contributed by atoms with E-state index in [2.05, 4.69) is 29.2 Å². The maximum absolute atomic E-state index is 13.7. The monoisotopic (exact) mass is 338 g/mol. The van der Waals surface area contributed by atoms with E-state index in [9.17, 15) is 9.18 Å². The zero-order valence-corrected chi connectivity index (χ0v) is 14.0. The molecule has 0 spiro atoms. The molecule has 0 saturated carbocycles. The minimum Gasteiger partial charge on any atom is -0.319 e. The van der Waals surface area contributed by atoms with Gasteiger partial charge in [0.2, 0.25) is 0 Å². The van der Waals surface area contributed by atoms with E-state index in [-0.39, 0.29) is 10.6 Å². The molecule has 1 N–H and O–H groups in total. The first-order chi connectivity index (χ1) is 11.0. The van der Waals surface area contributed by atoms with Crippen LogP contribution < -0.4 is 5.32 Å². The van der Waals surface area contributed by atoms with Crippen LogP contribution in [0, 0.1) is 5.82 Å². The molecule has 0 bridgehead atoms. The summed E-state index contributed by atoms with van der Waals surface area (Å²) in [6.45, 7) is 7.77. The Morgan fingerprint density at radius 2 is 2.13 bits per heavy atom. The van der Waals surface area contributed by atoms with Gasteiger partial charge in [0.15, 0.2) is 0 Å². The molecule has 5 nitrogen and oxygen atoms in total. The first-order valence-electron chi connectivity index (χ1n) is 7.55. The normalized spacial score (nSPS) is 11.0. The fourth-order valence-electron chi connectivity index (χ4n) is 2.24. The van der Waals surface area contributed by atoms with Crippen LogP contribution in [0.5, 0.6) is 0 Å². The fraction of sp³-hybridized carbons (Fsp3) is 0.375. The lowest BCUT2D eigenvalue weighted by molar-refractivity contribution is 0.102. The average Bonchev–Trinajstić information content (AvgIpc) is 2.95. The van der Waals surface area contributed by atoms with Crippen molar-refractivity contribution in [3.05, 3.63) is 47.0 Å². The first kappa shape index (κ1) is 17.4. The van der Waals surface area contributed by atoms with Crippen molar-refractivity contribution in [3.63, 3.8) is 0 Å². The lowest BCUT2D eigenvalue weighted by atomic mass is 10.2. The number of carbonyl (C=O) groups excluding carboxylic acids is 1. The molecule has 1 amide bonds. The van der Waals surface area contributed by atoms with Crippen LogP contribution >= 0.6 is 11.6 Å². The third-order valence-electron chi connectivity index (χ3n) is 3.62. The van der Waals surface area contributed by atoms with E-state index in [4.69, 9.17) is 11.6 Å². The summed E-state index contributed by atoms with van der Waals surface area (Å²) in [6, 6.07) is 4.14. The van der Waals surface area contributed by atoms with Crippen LogP contribution in [-0.2, 0) is 6.54 Å². The summed E-state index contributed by atoms with van der Waals surface area (Å²) in [5.74, 6) is -1.24. The van der Waals surface area contributed by atoms with Gasteiger partial charge in [0.05, 0.1) is 29.0 Å². The highest BCUT2D eigenvalue weighted by Crippen LogP contribution is 2.20. The molecule has 1 aromatic heterocycles. The average molecular weight is 339 g/mol. The number of likely N-dealkylation sites (N-methyl/N-ethyl adjacent to an activating group) is 1. The molecular formula is C16H20ClFN4O. The van der Waals surface area contributed by atoms with Gasteiger partial charge in [0.1, 0.15) is 5.82 Å². The highest BCUT2D eigenvalue weighted by Gasteiger charge is 2.16. The molecule has 1 aromatic carbocycles. The number of hydrogen-bond donors (Lipinski definition) is 1. The Morgan fingerprint density at radius 3 is 2.78 bits per heavy atom. The van der Waals surface area contributed by atoms with Crippen molar-refractivity contribution in [2.24, 2.45) is 0 Å². The second-order valence-corrected chi connectivity index (χ2v) is 5.48. The molecule has 0 aliphatic rings. The Morgan fingerprint density at radius 1 is 1.39 bits per heavy atom. The van der Waals surface area contributed by atoms with E-state index in [0.29, 0.717) is 5.69 Å². The van der Waals surface area contributed by atoms with Gasteiger partial charge in [0.25, 0.3) is 5.91 Å². The quantitative estimate of drug-likeness (QED) is 0.843. The summed E-state index contributed by atoms with van der Waals surface area (Å²) < 4.78 is 15.5. The number of rotatable bonds is 7. The molecule has 0 radical (unpaired) electrons. The van der Waals surface area contributed by atoms with Gasteiger partial charge in [-0.25, -0.2) is 4.39 Å². The fourth-order valence-corrected chi connectivity index (χ4v) is 2.49. The van der Waals surface area contributed by atoms with E-state index in [1.54, 1.807) is 10.9 Å². The zero-order valence-electron chi connectivity index (χ0n) is 13.2. The van der Waals surface area contributed by atoms with Crippen LogP contribution in [0.2, 0.25) is 5.02 Å². The van der Waals surface area contributed by atoms with Crippen LogP contribution in [0.25, 0.3) is 0 Å². The lowest BCUT2D eigenvalue weighted by Crippen LogP contribution is -2.27. The van der Waals surface area contributed by atoms with Crippen molar-refractivity contribution in [1.82, 2.24) is 14.7 Å². The molecule has 0 saturated heterocycles. The van der Waals surface area contributed by atoms with Crippen LogP contribution in [0.15, 0.2) is 30.6 Å². The number of anilines is 1. The van der Waals surface area contributed by atoms with Gasteiger partial charge in [-0.15, -0.1) is 0 Å². The number of benzene rings is 1. The van der Waals surface area contributed by atoms with E-state index < -0.39 is 11.7 Å². The Labute approximate surface area is 140 Å². The van der Waals surface area contributed by atoms with E-state index >= 15 is 0 Å². The topological polar surface area (TPSA) is 50.2 Å². The highest BCUT2D eigenvalue weighted by molar-refractivity contribution is 6.34. The Hall–Kier alpha value is -1.92. The highest BCUT2D eigenvalue weighted by atomic mass is 35.5. The van der Waals surface area contributed by atoms with Gasteiger partial charge in [-0.05, 0) is 25.2 Å². The maximum Gasteiger partial charge on any atom is 0.260 e. The number of amides is 1. The third-order valence-corrected chi connectivity index (χ3v) is 3.94. The van der Waals surface area contributed by atoms with Crippen LogP contribution in [0.4, 0.5) is 10.1 Å². The molecule has 0 aliphatic heterocycles. The van der Waals surface area contributed by atoms with Gasteiger partial charge in [-0.3, -0.25) is 9.48 Å². The zero-order chi connectivity index (χ0) is 16.8. The molecule has 1 heterocycles. The standard InChI is InChI=1S/C16H20ClFN4O/c1-3-21(4-2)8-9-22-11-12(10-19-22)20-16(23)15-13(17)6-5-7-14(15)18/h5-7,10-11H,3-4,8-9H2,1-2H3,(H,20,23). The Balaban J connectivity index is 2.00. The molecule has 0 fully saturated rings. The van der Waals surface area contributed by atoms with Gasteiger partial charge < -0.3 is 10.2 Å². The molecule has 0 unspecified atom stereocenters. The van der Waals surface area contributed by atoms with Crippen LogP contribution in [0.3, 0.4) is 0 Å². The molecular weight excluding hydrogens is 319 g/mol. The predicted molar refractivity (Wildman–Crippen MR) is 89.4 cm³/mol. The van der Waals surface area contributed by atoms with Crippen molar-refractivity contribution in [1.29, 1.82) is 0 Å². The summed E-state index contributed by atoms with van der Waals surface area (Å²) in [4.78, 5) is 14.4. The summed E-state index contributed by atoms with van der Waals surface area (Å²) in [5.41, 5.74) is 0.346.